The summed E-state index contributed by atoms with van der Waals surface area (Å²) in [6.07, 6.45) is 7.60. The molecule has 0 saturated heterocycles. The fourth-order valence-corrected chi connectivity index (χ4v) is 6.71. The summed E-state index contributed by atoms with van der Waals surface area (Å²) in [7, 11) is 0. The molecule has 4 nitrogen and oxygen atoms in total. The van der Waals surface area contributed by atoms with Gasteiger partial charge in [0, 0.05) is 33.2 Å². The number of aromatic nitrogens is 4. The Balaban J connectivity index is 1.11. The molecule has 1 unspecified atom stereocenters. The highest BCUT2D eigenvalue weighted by molar-refractivity contribution is 6.10. The van der Waals surface area contributed by atoms with Gasteiger partial charge in [0.15, 0.2) is 5.82 Å². The maximum absolute atomic E-state index is 5.17. The lowest BCUT2D eigenvalue weighted by Gasteiger charge is -2.18. The number of fused-ring (bicyclic) bond motifs is 4. The average Bonchev–Trinajstić information content (AvgIpc) is 3.64. The lowest BCUT2D eigenvalue weighted by molar-refractivity contribution is 0.848. The number of para-hydroxylation sites is 1. The normalized spacial score (nSPS) is 15.2. The van der Waals surface area contributed by atoms with E-state index < -0.39 is 0 Å². The molecule has 9 rings (SSSR count). The molecule has 1 aliphatic carbocycles. The summed E-state index contributed by atoms with van der Waals surface area (Å²) in [5, 5.41) is 3.60. The van der Waals surface area contributed by atoms with E-state index in [4.69, 9.17) is 15.0 Å². The molecule has 4 heterocycles. The van der Waals surface area contributed by atoms with Crippen molar-refractivity contribution in [2.45, 2.75) is 12.3 Å². The summed E-state index contributed by atoms with van der Waals surface area (Å²) in [6.45, 7) is 0. The van der Waals surface area contributed by atoms with Crippen LogP contribution in [0.25, 0.3) is 66.6 Å². The fraction of sp³-hybridized carbons (Fsp3) is 0.0513. The van der Waals surface area contributed by atoms with Crippen molar-refractivity contribution in [3.05, 3.63) is 151 Å². The molecule has 202 valence electrons. The van der Waals surface area contributed by atoms with Crippen LogP contribution in [0.1, 0.15) is 23.6 Å². The summed E-state index contributed by atoms with van der Waals surface area (Å²) in [5.74, 6) is 0.916. The minimum atomic E-state index is 0.180. The number of benzene rings is 4. The van der Waals surface area contributed by atoms with E-state index in [1.54, 1.807) is 0 Å². The van der Waals surface area contributed by atoms with Crippen LogP contribution in [0.2, 0.25) is 0 Å². The second kappa shape index (κ2) is 9.47. The molecule has 0 radical (unpaired) electrons. The molecule has 4 heteroatoms. The molecule has 0 spiro atoms. The minimum Gasteiger partial charge on any atom is -0.292 e. The number of hydrogen-bond acceptors (Lipinski definition) is 3. The largest absolute Gasteiger partial charge is 0.292 e. The standard InChI is InChI=1S/C39H26N4/c1-2-11-25(12-3-1)36-32-19-6-7-20-33(32)40-39(42-36)29-16-9-14-27(24-29)26-13-8-15-28(23-26)37-38-31-18-5-4-17-30(31)34-21-10-22-35(41-37)43(34)38/h1-22,24,28H,23H2. The molecule has 0 N–H and O–H groups in total. The Kier molecular flexibility index (Phi) is 5.29. The van der Waals surface area contributed by atoms with E-state index in [1.807, 2.05) is 18.2 Å². The van der Waals surface area contributed by atoms with Gasteiger partial charge in [-0.1, -0.05) is 115 Å². The van der Waals surface area contributed by atoms with Gasteiger partial charge in [-0.25, -0.2) is 15.0 Å². The number of allylic oxidation sites excluding steroid dienone is 4. The molecular weight excluding hydrogens is 524 g/mol. The smallest absolute Gasteiger partial charge is 0.160 e. The predicted molar refractivity (Wildman–Crippen MR) is 176 cm³/mol. The number of rotatable bonds is 4. The van der Waals surface area contributed by atoms with Gasteiger partial charge in [0.2, 0.25) is 0 Å². The zero-order valence-corrected chi connectivity index (χ0v) is 23.4. The van der Waals surface area contributed by atoms with Crippen LogP contribution in [-0.4, -0.2) is 19.4 Å². The maximum Gasteiger partial charge on any atom is 0.160 e. The monoisotopic (exact) mass is 550 g/mol. The molecule has 0 fully saturated rings. The first kappa shape index (κ1) is 24.0. The van der Waals surface area contributed by atoms with Crippen molar-refractivity contribution in [2.75, 3.05) is 0 Å². The minimum absolute atomic E-state index is 0.180. The lowest BCUT2D eigenvalue weighted by atomic mass is 9.87. The average molecular weight is 551 g/mol. The molecule has 43 heavy (non-hydrogen) atoms. The first-order valence-corrected chi connectivity index (χ1v) is 14.7. The van der Waals surface area contributed by atoms with Gasteiger partial charge in [0.25, 0.3) is 0 Å². The molecule has 4 aromatic carbocycles. The van der Waals surface area contributed by atoms with Crippen molar-refractivity contribution in [3.8, 4) is 22.6 Å². The van der Waals surface area contributed by atoms with Crippen LogP contribution in [0.5, 0.6) is 0 Å². The molecule has 0 saturated carbocycles. The molecule has 0 bridgehead atoms. The molecule has 8 aromatic rings. The van der Waals surface area contributed by atoms with Crippen molar-refractivity contribution < 1.29 is 0 Å². The Hall–Kier alpha value is -5.61. The summed E-state index contributed by atoms with van der Waals surface area (Å²) >= 11 is 0. The Morgan fingerprint density at radius 3 is 2.26 bits per heavy atom. The van der Waals surface area contributed by atoms with Gasteiger partial charge in [-0.15, -0.1) is 0 Å². The highest BCUT2D eigenvalue weighted by Crippen LogP contribution is 2.40. The SMILES string of the molecule is C1=CC(c2nc3cccc4c5ccccc5c2n34)CC(c2cccc(-c3nc(-c4ccccc4)c4ccccc4n3)c2)=C1. The van der Waals surface area contributed by atoms with E-state index >= 15 is 0 Å². The summed E-state index contributed by atoms with van der Waals surface area (Å²) in [5.41, 5.74) is 11.1. The highest BCUT2D eigenvalue weighted by atomic mass is 15.0. The Labute approximate surface area is 248 Å². The summed E-state index contributed by atoms with van der Waals surface area (Å²) in [6, 6.07) is 42.4. The molecular formula is C39H26N4. The number of imidazole rings is 1. The molecule has 4 aromatic heterocycles. The second-order valence-corrected chi connectivity index (χ2v) is 11.2. The van der Waals surface area contributed by atoms with Gasteiger partial charge in [0.1, 0.15) is 5.65 Å². The third-order valence-electron chi connectivity index (χ3n) is 8.70. The first-order chi connectivity index (χ1) is 21.3. The first-order valence-electron chi connectivity index (χ1n) is 14.7. The number of pyridine rings is 1. The van der Waals surface area contributed by atoms with Crippen LogP contribution in [0, 0.1) is 0 Å². The zero-order valence-electron chi connectivity index (χ0n) is 23.4. The van der Waals surface area contributed by atoms with Gasteiger partial charge in [-0.3, -0.25) is 4.40 Å². The zero-order chi connectivity index (χ0) is 28.3. The Bertz CT molecular complexity index is 2380. The van der Waals surface area contributed by atoms with Crippen molar-refractivity contribution >= 4 is 43.9 Å². The fourth-order valence-electron chi connectivity index (χ4n) is 6.71. The van der Waals surface area contributed by atoms with Gasteiger partial charge < -0.3 is 0 Å². The van der Waals surface area contributed by atoms with Gasteiger partial charge in [-0.05, 0) is 41.8 Å². The maximum atomic E-state index is 5.17. The van der Waals surface area contributed by atoms with E-state index in [0.717, 1.165) is 51.3 Å². The third kappa shape index (κ3) is 3.80. The molecule has 0 aliphatic heterocycles. The van der Waals surface area contributed by atoms with Crippen LogP contribution in [0.3, 0.4) is 0 Å². The Morgan fingerprint density at radius 2 is 1.35 bits per heavy atom. The summed E-state index contributed by atoms with van der Waals surface area (Å²) in [4.78, 5) is 15.3. The van der Waals surface area contributed by atoms with Crippen LogP contribution in [0.15, 0.2) is 140 Å². The van der Waals surface area contributed by atoms with Crippen LogP contribution < -0.4 is 0 Å². The Morgan fingerprint density at radius 1 is 0.605 bits per heavy atom. The van der Waals surface area contributed by atoms with E-state index in [1.165, 1.54) is 32.9 Å². The van der Waals surface area contributed by atoms with E-state index in [2.05, 4.69) is 126 Å². The van der Waals surface area contributed by atoms with Crippen molar-refractivity contribution in [1.29, 1.82) is 0 Å². The lowest BCUT2D eigenvalue weighted by Crippen LogP contribution is -2.02. The molecule has 1 atom stereocenters. The van der Waals surface area contributed by atoms with E-state index in [0.29, 0.717) is 0 Å². The highest BCUT2D eigenvalue weighted by Gasteiger charge is 2.24. The number of hydrogen-bond donors (Lipinski definition) is 0. The van der Waals surface area contributed by atoms with Crippen molar-refractivity contribution in [3.63, 3.8) is 0 Å². The molecule has 1 aliphatic rings. The van der Waals surface area contributed by atoms with Crippen molar-refractivity contribution in [1.82, 2.24) is 19.4 Å². The summed E-state index contributed by atoms with van der Waals surface area (Å²) < 4.78 is 2.33. The number of nitrogens with zero attached hydrogens (tertiary/aromatic N) is 4. The topological polar surface area (TPSA) is 43.1 Å². The van der Waals surface area contributed by atoms with Gasteiger partial charge in [0.05, 0.1) is 27.9 Å². The second-order valence-electron chi connectivity index (χ2n) is 11.2. The van der Waals surface area contributed by atoms with Crippen LogP contribution in [0.4, 0.5) is 0 Å². The van der Waals surface area contributed by atoms with E-state index in [-0.39, 0.29) is 5.92 Å². The van der Waals surface area contributed by atoms with E-state index in [9.17, 15) is 0 Å². The third-order valence-corrected chi connectivity index (χ3v) is 8.70. The molecule has 0 amide bonds. The van der Waals surface area contributed by atoms with Gasteiger partial charge in [-0.2, -0.15) is 0 Å². The predicted octanol–water partition coefficient (Wildman–Crippen LogP) is 9.48. The van der Waals surface area contributed by atoms with Crippen LogP contribution in [-0.2, 0) is 0 Å². The van der Waals surface area contributed by atoms with Crippen molar-refractivity contribution in [2.24, 2.45) is 0 Å². The van der Waals surface area contributed by atoms with Crippen LogP contribution >= 0.6 is 0 Å². The van der Waals surface area contributed by atoms with Gasteiger partial charge >= 0.3 is 0 Å². The quantitative estimate of drug-likeness (QED) is 0.219.